The van der Waals surface area contributed by atoms with Gasteiger partial charge in [-0.1, -0.05) is 6.07 Å². The van der Waals surface area contributed by atoms with Crippen LogP contribution in [-0.4, -0.2) is 19.2 Å². The molecule has 2 nitrogen and oxygen atoms in total. The lowest BCUT2D eigenvalue weighted by molar-refractivity contribution is 0.187. The zero-order chi connectivity index (χ0) is 12.2. The van der Waals surface area contributed by atoms with Gasteiger partial charge in [-0.15, -0.1) is 0 Å². The van der Waals surface area contributed by atoms with Gasteiger partial charge in [0.2, 0.25) is 0 Å². The molecule has 1 aliphatic carbocycles. The lowest BCUT2D eigenvalue weighted by Gasteiger charge is -2.20. The first-order valence-electron chi connectivity index (χ1n) is 7.41. The van der Waals surface area contributed by atoms with E-state index in [4.69, 9.17) is 4.74 Å². The van der Waals surface area contributed by atoms with E-state index in [1.807, 2.05) is 0 Å². The molecule has 1 aromatic rings. The van der Waals surface area contributed by atoms with Gasteiger partial charge in [0.15, 0.2) is 0 Å². The van der Waals surface area contributed by atoms with Gasteiger partial charge >= 0.3 is 0 Å². The molecule has 1 N–H and O–H groups in total. The number of benzene rings is 1. The Hall–Kier alpha value is -1.02. The molecular weight excluding hydrogens is 222 g/mol. The van der Waals surface area contributed by atoms with E-state index in [-0.39, 0.29) is 0 Å². The Kier molecular flexibility index (Phi) is 3.84. The topological polar surface area (TPSA) is 21.3 Å². The van der Waals surface area contributed by atoms with Crippen LogP contribution in [0.4, 0.5) is 0 Å². The Morgan fingerprint density at radius 3 is 2.78 bits per heavy atom. The number of hydrogen-bond donors (Lipinski definition) is 1. The highest BCUT2D eigenvalue weighted by Crippen LogP contribution is 2.26. The second-order valence-electron chi connectivity index (χ2n) is 5.56. The summed E-state index contributed by atoms with van der Waals surface area (Å²) in [6.07, 6.45) is 9.13. The third kappa shape index (κ3) is 2.86. The van der Waals surface area contributed by atoms with Crippen LogP contribution in [0.3, 0.4) is 0 Å². The molecule has 2 heteroatoms. The third-order valence-electron chi connectivity index (χ3n) is 4.15. The first kappa shape index (κ1) is 12.0. The summed E-state index contributed by atoms with van der Waals surface area (Å²) in [7, 11) is 0. The summed E-state index contributed by atoms with van der Waals surface area (Å²) in [5.74, 6) is 1.09. The number of ether oxygens (including phenoxy) is 1. The fourth-order valence-corrected chi connectivity index (χ4v) is 3.08. The van der Waals surface area contributed by atoms with Crippen molar-refractivity contribution in [2.45, 2.75) is 51.0 Å². The van der Waals surface area contributed by atoms with Crippen molar-refractivity contribution in [2.24, 2.45) is 0 Å². The Morgan fingerprint density at radius 1 is 0.944 bits per heavy atom. The number of nitrogens with one attached hydrogen (secondary N) is 1. The normalized spacial score (nSPS) is 24.1. The van der Waals surface area contributed by atoms with E-state index in [1.54, 1.807) is 0 Å². The van der Waals surface area contributed by atoms with Gasteiger partial charge in [-0.2, -0.15) is 0 Å². The van der Waals surface area contributed by atoms with E-state index < -0.39 is 0 Å². The van der Waals surface area contributed by atoms with Crippen LogP contribution < -0.4 is 10.1 Å². The fourth-order valence-electron chi connectivity index (χ4n) is 3.08. The van der Waals surface area contributed by atoms with E-state index in [1.165, 1.54) is 49.7 Å². The van der Waals surface area contributed by atoms with Gasteiger partial charge < -0.3 is 10.1 Å². The van der Waals surface area contributed by atoms with Crippen molar-refractivity contribution >= 4 is 0 Å². The standard InChI is InChI=1S/C16H23NO/c1-2-5-14-12-16(8-7-13(14)4-1)18-15-6-3-10-17-11-9-15/h7-8,12,15,17H,1-6,9-11H2. The SMILES string of the molecule is c1cc2c(cc1OC1CCCNCC1)CCCC2. The van der Waals surface area contributed by atoms with Gasteiger partial charge in [0.1, 0.15) is 5.75 Å². The van der Waals surface area contributed by atoms with Crippen LogP contribution >= 0.6 is 0 Å². The van der Waals surface area contributed by atoms with Crippen LogP contribution in [0, 0.1) is 0 Å². The minimum Gasteiger partial charge on any atom is -0.490 e. The molecule has 3 rings (SSSR count). The van der Waals surface area contributed by atoms with Crippen molar-refractivity contribution in [3.05, 3.63) is 29.3 Å². The molecule has 1 atom stereocenters. The Bertz CT molecular complexity index is 394. The second kappa shape index (κ2) is 5.75. The maximum atomic E-state index is 6.16. The summed E-state index contributed by atoms with van der Waals surface area (Å²) < 4.78 is 6.16. The summed E-state index contributed by atoms with van der Waals surface area (Å²) in [4.78, 5) is 0. The lowest BCUT2D eigenvalue weighted by Crippen LogP contribution is -2.19. The number of aryl methyl sites for hydroxylation is 2. The first-order chi connectivity index (χ1) is 8.92. The number of hydrogen-bond acceptors (Lipinski definition) is 2. The Balaban J connectivity index is 1.68. The van der Waals surface area contributed by atoms with Crippen molar-refractivity contribution in [3.8, 4) is 5.75 Å². The maximum Gasteiger partial charge on any atom is 0.120 e. The van der Waals surface area contributed by atoms with Crippen LogP contribution in [-0.2, 0) is 12.8 Å². The minimum absolute atomic E-state index is 0.404. The predicted molar refractivity (Wildman–Crippen MR) is 74.2 cm³/mol. The van der Waals surface area contributed by atoms with Crippen LogP contribution in [0.2, 0.25) is 0 Å². The second-order valence-corrected chi connectivity index (χ2v) is 5.56. The van der Waals surface area contributed by atoms with Crippen LogP contribution in [0.25, 0.3) is 0 Å². The molecule has 98 valence electrons. The summed E-state index contributed by atoms with van der Waals surface area (Å²) in [6.45, 7) is 2.24. The summed E-state index contributed by atoms with van der Waals surface area (Å²) in [6, 6.07) is 6.73. The van der Waals surface area contributed by atoms with E-state index in [0.717, 1.165) is 25.3 Å². The number of fused-ring (bicyclic) bond motifs is 1. The number of rotatable bonds is 2. The average Bonchev–Trinajstić information content (AvgIpc) is 2.67. The fraction of sp³-hybridized carbons (Fsp3) is 0.625. The van der Waals surface area contributed by atoms with Gasteiger partial charge in [0, 0.05) is 0 Å². The molecule has 1 heterocycles. The van der Waals surface area contributed by atoms with Gasteiger partial charge in [0.05, 0.1) is 6.10 Å². The summed E-state index contributed by atoms with van der Waals surface area (Å²) >= 11 is 0. The molecule has 0 spiro atoms. The molecule has 1 saturated heterocycles. The summed E-state index contributed by atoms with van der Waals surface area (Å²) in [5, 5.41) is 3.43. The van der Waals surface area contributed by atoms with Gasteiger partial charge in [-0.3, -0.25) is 0 Å². The highest BCUT2D eigenvalue weighted by Gasteiger charge is 2.15. The first-order valence-corrected chi connectivity index (χ1v) is 7.41. The maximum absolute atomic E-state index is 6.16. The minimum atomic E-state index is 0.404. The van der Waals surface area contributed by atoms with Crippen LogP contribution in [0.1, 0.15) is 43.2 Å². The Morgan fingerprint density at radius 2 is 1.83 bits per heavy atom. The molecule has 0 aromatic heterocycles. The van der Waals surface area contributed by atoms with Crippen molar-refractivity contribution in [3.63, 3.8) is 0 Å². The van der Waals surface area contributed by atoms with E-state index in [2.05, 4.69) is 23.5 Å². The van der Waals surface area contributed by atoms with Gasteiger partial charge in [-0.05, 0) is 81.3 Å². The molecule has 1 aromatic carbocycles. The largest absolute Gasteiger partial charge is 0.490 e. The van der Waals surface area contributed by atoms with E-state index >= 15 is 0 Å². The van der Waals surface area contributed by atoms with Crippen molar-refractivity contribution in [1.29, 1.82) is 0 Å². The highest BCUT2D eigenvalue weighted by molar-refractivity contribution is 5.37. The third-order valence-corrected chi connectivity index (χ3v) is 4.15. The lowest BCUT2D eigenvalue weighted by atomic mass is 9.92. The molecule has 0 amide bonds. The molecule has 0 saturated carbocycles. The quantitative estimate of drug-likeness (QED) is 0.864. The van der Waals surface area contributed by atoms with E-state index in [9.17, 15) is 0 Å². The molecule has 0 radical (unpaired) electrons. The zero-order valence-electron chi connectivity index (χ0n) is 11.1. The molecule has 18 heavy (non-hydrogen) atoms. The van der Waals surface area contributed by atoms with Crippen LogP contribution in [0.5, 0.6) is 5.75 Å². The highest BCUT2D eigenvalue weighted by atomic mass is 16.5. The zero-order valence-corrected chi connectivity index (χ0v) is 11.1. The van der Waals surface area contributed by atoms with Gasteiger partial charge in [0.25, 0.3) is 0 Å². The Labute approximate surface area is 110 Å². The smallest absolute Gasteiger partial charge is 0.120 e. The summed E-state index contributed by atoms with van der Waals surface area (Å²) in [5.41, 5.74) is 3.06. The van der Waals surface area contributed by atoms with Crippen molar-refractivity contribution in [1.82, 2.24) is 5.32 Å². The monoisotopic (exact) mass is 245 g/mol. The van der Waals surface area contributed by atoms with E-state index in [0.29, 0.717) is 6.10 Å². The van der Waals surface area contributed by atoms with Gasteiger partial charge in [-0.25, -0.2) is 0 Å². The molecule has 1 unspecified atom stereocenters. The average molecular weight is 245 g/mol. The molecule has 0 bridgehead atoms. The molecule has 1 aliphatic heterocycles. The molecule has 2 aliphatic rings. The molecular formula is C16H23NO. The predicted octanol–water partition coefficient (Wildman–Crippen LogP) is 3.09. The van der Waals surface area contributed by atoms with Crippen molar-refractivity contribution in [2.75, 3.05) is 13.1 Å². The van der Waals surface area contributed by atoms with Crippen LogP contribution in [0.15, 0.2) is 18.2 Å². The molecule has 1 fully saturated rings. The van der Waals surface area contributed by atoms with Crippen molar-refractivity contribution < 1.29 is 4.74 Å².